The summed E-state index contributed by atoms with van der Waals surface area (Å²) in [6, 6.07) is 1.26. The highest BCUT2D eigenvalue weighted by molar-refractivity contribution is 6.31. The molecule has 32 heavy (non-hydrogen) atoms. The Morgan fingerprint density at radius 2 is 1.94 bits per heavy atom. The maximum absolute atomic E-state index is 14.3. The van der Waals surface area contributed by atoms with Crippen molar-refractivity contribution in [3.63, 3.8) is 0 Å². The molecule has 170 valence electrons. The smallest absolute Gasteiger partial charge is 0.419 e. The molecule has 3 aromatic rings. The molecule has 5 nitrogen and oxygen atoms in total. The van der Waals surface area contributed by atoms with Crippen LogP contribution in [0.4, 0.5) is 27.6 Å². The molecule has 1 aliphatic carbocycles. The molecular formula is C21H17ClF5N3O2. The molecule has 3 atom stereocenters. The quantitative estimate of drug-likeness (QED) is 0.427. The zero-order chi connectivity index (χ0) is 23.6. The first-order chi connectivity index (χ1) is 14.8. The van der Waals surface area contributed by atoms with Crippen LogP contribution in [0.15, 0.2) is 24.4 Å². The lowest BCUT2D eigenvalue weighted by Crippen LogP contribution is -2.55. The number of phenolic OH excluding ortho intramolecular Hbond substituents is 1. The molecule has 1 aliphatic rings. The van der Waals surface area contributed by atoms with Crippen LogP contribution in [0, 0.1) is 18.6 Å². The Bertz CT molecular complexity index is 1240. The summed E-state index contributed by atoms with van der Waals surface area (Å²) in [7, 11) is 0. The van der Waals surface area contributed by atoms with Crippen molar-refractivity contribution in [3.8, 4) is 5.75 Å². The second-order valence-corrected chi connectivity index (χ2v) is 8.31. The summed E-state index contributed by atoms with van der Waals surface area (Å²) < 4.78 is 70.8. The molecule has 0 spiro atoms. The molecule has 0 fully saturated rings. The number of aromatic nitrogens is 2. The second kappa shape index (κ2) is 7.41. The SMILES string of the molecule is Cc1ncc2c(N[C@H]3c4cc(Cl)c(F)c(O)c4[C@H](C)C[C@@]3(O)C(F)(F)F)ccc(F)c2n1. The van der Waals surface area contributed by atoms with Crippen LogP contribution in [-0.4, -0.2) is 32.0 Å². The Balaban J connectivity index is 1.96. The van der Waals surface area contributed by atoms with Gasteiger partial charge in [0.15, 0.2) is 17.2 Å². The lowest BCUT2D eigenvalue weighted by Gasteiger charge is -2.45. The molecule has 0 saturated carbocycles. The fraction of sp³-hybridized carbons (Fsp3) is 0.333. The maximum atomic E-state index is 14.3. The van der Waals surface area contributed by atoms with Crippen molar-refractivity contribution in [3.05, 3.63) is 58.0 Å². The predicted octanol–water partition coefficient (Wildman–Crippen LogP) is 5.53. The molecular weight excluding hydrogens is 457 g/mol. The number of halogens is 6. The minimum absolute atomic E-state index is 0.00881. The third-order valence-corrected chi connectivity index (χ3v) is 6.05. The van der Waals surface area contributed by atoms with E-state index in [0.29, 0.717) is 0 Å². The molecule has 0 saturated heterocycles. The van der Waals surface area contributed by atoms with Gasteiger partial charge in [0.1, 0.15) is 17.2 Å². The minimum atomic E-state index is -5.10. The summed E-state index contributed by atoms with van der Waals surface area (Å²) in [5.41, 5.74) is -3.74. The summed E-state index contributed by atoms with van der Waals surface area (Å²) in [4.78, 5) is 7.96. The molecule has 0 unspecified atom stereocenters. The fourth-order valence-corrected chi connectivity index (χ4v) is 4.49. The minimum Gasteiger partial charge on any atom is -0.505 e. The highest BCUT2D eigenvalue weighted by atomic mass is 35.5. The summed E-state index contributed by atoms with van der Waals surface area (Å²) in [6.07, 6.45) is -4.71. The third kappa shape index (κ3) is 3.32. The monoisotopic (exact) mass is 473 g/mol. The topological polar surface area (TPSA) is 78.3 Å². The number of rotatable bonds is 2. The van der Waals surface area contributed by atoms with Crippen LogP contribution in [0.2, 0.25) is 5.02 Å². The van der Waals surface area contributed by atoms with Gasteiger partial charge in [-0.2, -0.15) is 13.2 Å². The van der Waals surface area contributed by atoms with E-state index in [1.807, 2.05) is 0 Å². The number of phenols is 1. The van der Waals surface area contributed by atoms with Gasteiger partial charge in [0.05, 0.1) is 11.1 Å². The van der Waals surface area contributed by atoms with Crippen molar-refractivity contribution < 1.29 is 32.2 Å². The number of aromatic hydroxyl groups is 1. The fourth-order valence-electron chi connectivity index (χ4n) is 4.28. The van der Waals surface area contributed by atoms with Gasteiger partial charge >= 0.3 is 6.18 Å². The molecule has 4 rings (SSSR count). The average molecular weight is 474 g/mol. The van der Waals surface area contributed by atoms with E-state index in [2.05, 4.69) is 15.3 Å². The standard InChI is InChI=1S/C21H17ClF5N3O2/c1-8-6-20(32,21(25,26)27)19(10-5-12(22)16(24)18(31)15(8)10)30-14-4-3-13(23)17-11(14)7-28-9(2)29-17/h3-5,7-8,19,30-32H,6H2,1-2H3/t8-,19+,20+/m1/s1. The van der Waals surface area contributed by atoms with Crippen LogP contribution in [0.1, 0.15) is 42.3 Å². The van der Waals surface area contributed by atoms with Crippen LogP contribution >= 0.6 is 11.6 Å². The number of alkyl halides is 3. The number of nitrogens with one attached hydrogen (secondary N) is 1. The lowest BCUT2D eigenvalue weighted by atomic mass is 9.70. The van der Waals surface area contributed by atoms with Crippen LogP contribution in [0.25, 0.3) is 10.9 Å². The molecule has 0 aliphatic heterocycles. The van der Waals surface area contributed by atoms with Gasteiger partial charge in [0, 0.05) is 22.8 Å². The summed E-state index contributed by atoms with van der Waals surface area (Å²) in [5, 5.41) is 23.2. The van der Waals surface area contributed by atoms with Gasteiger partial charge < -0.3 is 15.5 Å². The van der Waals surface area contributed by atoms with E-state index in [0.717, 1.165) is 12.1 Å². The van der Waals surface area contributed by atoms with Gasteiger partial charge in [-0.1, -0.05) is 18.5 Å². The molecule has 0 bridgehead atoms. The lowest BCUT2D eigenvalue weighted by molar-refractivity contribution is -0.272. The first kappa shape index (κ1) is 22.5. The van der Waals surface area contributed by atoms with Crippen molar-refractivity contribution >= 4 is 28.2 Å². The molecule has 2 aromatic carbocycles. The van der Waals surface area contributed by atoms with Crippen molar-refractivity contribution in [1.82, 2.24) is 9.97 Å². The Hall–Kier alpha value is -2.72. The van der Waals surface area contributed by atoms with Gasteiger partial charge in [0.2, 0.25) is 0 Å². The predicted molar refractivity (Wildman–Crippen MR) is 108 cm³/mol. The van der Waals surface area contributed by atoms with E-state index in [4.69, 9.17) is 11.6 Å². The van der Waals surface area contributed by atoms with E-state index in [9.17, 15) is 32.2 Å². The third-order valence-electron chi connectivity index (χ3n) is 5.78. The molecule has 11 heteroatoms. The summed E-state index contributed by atoms with van der Waals surface area (Å²) in [5.74, 6) is -3.53. The van der Waals surface area contributed by atoms with Crippen molar-refractivity contribution in [2.75, 3.05) is 5.32 Å². The van der Waals surface area contributed by atoms with E-state index in [-0.39, 0.29) is 33.5 Å². The van der Waals surface area contributed by atoms with Crippen molar-refractivity contribution in [1.29, 1.82) is 0 Å². The Morgan fingerprint density at radius 3 is 2.59 bits per heavy atom. The van der Waals surface area contributed by atoms with E-state index >= 15 is 0 Å². The number of fused-ring (bicyclic) bond motifs is 2. The van der Waals surface area contributed by atoms with Gasteiger partial charge in [-0.05, 0) is 43.0 Å². The van der Waals surface area contributed by atoms with Gasteiger partial charge in [-0.15, -0.1) is 0 Å². The number of anilines is 1. The second-order valence-electron chi connectivity index (χ2n) is 7.90. The number of nitrogens with zero attached hydrogens (tertiary/aromatic N) is 2. The molecule has 0 radical (unpaired) electrons. The van der Waals surface area contributed by atoms with Crippen LogP contribution < -0.4 is 5.32 Å². The normalized spacial score (nSPS) is 23.3. The van der Waals surface area contributed by atoms with Crippen LogP contribution in [0.3, 0.4) is 0 Å². The maximum Gasteiger partial charge on any atom is 0.419 e. The first-order valence-corrected chi connectivity index (χ1v) is 9.91. The summed E-state index contributed by atoms with van der Waals surface area (Å²) in [6.45, 7) is 2.86. The van der Waals surface area contributed by atoms with Crippen LogP contribution in [0.5, 0.6) is 5.75 Å². The number of aryl methyl sites for hydroxylation is 1. The van der Waals surface area contributed by atoms with E-state index in [1.54, 1.807) is 0 Å². The van der Waals surface area contributed by atoms with Gasteiger partial charge in [-0.3, -0.25) is 0 Å². The van der Waals surface area contributed by atoms with Crippen molar-refractivity contribution in [2.24, 2.45) is 0 Å². The zero-order valence-electron chi connectivity index (χ0n) is 16.7. The Kier molecular flexibility index (Phi) is 5.21. The Labute approximate surface area is 183 Å². The molecule has 1 aromatic heterocycles. The van der Waals surface area contributed by atoms with Crippen molar-refractivity contribution in [2.45, 2.75) is 44.0 Å². The molecule has 0 amide bonds. The van der Waals surface area contributed by atoms with Gasteiger partial charge in [0.25, 0.3) is 0 Å². The number of hydrogen-bond donors (Lipinski definition) is 3. The average Bonchev–Trinajstić information content (AvgIpc) is 2.69. The van der Waals surface area contributed by atoms with Gasteiger partial charge in [-0.25, -0.2) is 18.7 Å². The van der Waals surface area contributed by atoms with Crippen LogP contribution in [-0.2, 0) is 0 Å². The zero-order valence-corrected chi connectivity index (χ0v) is 17.5. The Morgan fingerprint density at radius 1 is 1.25 bits per heavy atom. The highest BCUT2D eigenvalue weighted by Gasteiger charge is 2.62. The number of hydrogen-bond acceptors (Lipinski definition) is 5. The first-order valence-electron chi connectivity index (χ1n) is 9.53. The number of benzene rings is 2. The van der Waals surface area contributed by atoms with E-state index < -0.39 is 52.6 Å². The molecule has 1 heterocycles. The largest absolute Gasteiger partial charge is 0.505 e. The highest BCUT2D eigenvalue weighted by Crippen LogP contribution is 2.55. The molecule has 3 N–H and O–H groups in total. The summed E-state index contributed by atoms with van der Waals surface area (Å²) >= 11 is 5.81. The number of aliphatic hydroxyl groups is 1. The van der Waals surface area contributed by atoms with E-state index in [1.165, 1.54) is 26.1 Å².